The van der Waals surface area contributed by atoms with E-state index in [4.69, 9.17) is 5.11 Å². The topological polar surface area (TPSA) is 109 Å². The Morgan fingerprint density at radius 1 is 1.10 bits per heavy atom. The van der Waals surface area contributed by atoms with Gasteiger partial charge in [-0.25, -0.2) is 14.6 Å². The molecule has 0 amide bonds. The number of aromatic hydroxyl groups is 1. The number of carboxylic acid groups (broad SMARTS) is 1. The number of aromatic carboxylic acids is 1. The lowest BCUT2D eigenvalue weighted by Gasteiger charge is -2.10. The molecular formula is C23H20N4O4. The molecule has 0 radical (unpaired) electrons. The third kappa shape index (κ3) is 3.17. The number of nitrogens with zero attached hydrogens (tertiary/aromatic N) is 3. The number of pyridine rings is 1. The van der Waals surface area contributed by atoms with Crippen LogP contribution in [0.4, 0.5) is 0 Å². The van der Waals surface area contributed by atoms with E-state index < -0.39 is 5.97 Å². The van der Waals surface area contributed by atoms with Crippen LogP contribution >= 0.6 is 0 Å². The van der Waals surface area contributed by atoms with Gasteiger partial charge in [-0.15, -0.1) is 0 Å². The molecule has 2 aromatic carbocycles. The highest BCUT2D eigenvalue weighted by molar-refractivity contribution is 5.88. The summed E-state index contributed by atoms with van der Waals surface area (Å²) in [5.74, 6) is -1.04. The lowest BCUT2D eigenvalue weighted by Crippen LogP contribution is -2.28. The minimum Gasteiger partial charge on any atom is -0.506 e. The average Bonchev–Trinajstić information content (AvgIpc) is 3.39. The van der Waals surface area contributed by atoms with Gasteiger partial charge in [0, 0.05) is 12.7 Å². The fraction of sp³-hybridized carbons (Fsp3) is 0.174. The van der Waals surface area contributed by atoms with E-state index in [1.54, 1.807) is 47.2 Å². The molecule has 4 aromatic rings. The Morgan fingerprint density at radius 2 is 1.87 bits per heavy atom. The van der Waals surface area contributed by atoms with Crippen LogP contribution in [0.3, 0.4) is 0 Å². The molecule has 1 unspecified atom stereocenters. The van der Waals surface area contributed by atoms with Crippen LogP contribution in [0.2, 0.25) is 0 Å². The molecule has 3 heterocycles. The second-order valence-corrected chi connectivity index (χ2v) is 7.57. The normalized spacial score (nSPS) is 16.1. The monoisotopic (exact) mass is 416 g/mol. The number of phenols is 1. The van der Waals surface area contributed by atoms with E-state index in [0.717, 1.165) is 18.5 Å². The van der Waals surface area contributed by atoms with Crippen LogP contribution in [0.15, 0.2) is 65.6 Å². The van der Waals surface area contributed by atoms with E-state index >= 15 is 0 Å². The maximum atomic E-state index is 13.4. The van der Waals surface area contributed by atoms with Gasteiger partial charge in [-0.3, -0.25) is 9.13 Å². The highest BCUT2D eigenvalue weighted by Crippen LogP contribution is 2.31. The van der Waals surface area contributed by atoms with Gasteiger partial charge in [-0.2, -0.15) is 0 Å². The van der Waals surface area contributed by atoms with Gasteiger partial charge in [0.2, 0.25) is 0 Å². The van der Waals surface area contributed by atoms with Gasteiger partial charge in [0.05, 0.1) is 22.8 Å². The second-order valence-electron chi connectivity index (χ2n) is 7.57. The molecule has 8 nitrogen and oxygen atoms in total. The van der Waals surface area contributed by atoms with Crippen molar-refractivity contribution in [1.29, 1.82) is 0 Å². The molecular weight excluding hydrogens is 396 g/mol. The number of benzene rings is 2. The number of hydrogen-bond acceptors (Lipinski definition) is 5. The molecule has 31 heavy (non-hydrogen) atoms. The minimum absolute atomic E-state index is 0.0142. The van der Waals surface area contributed by atoms with Crippen molar-refractivity contribution >= 4 is 17.1 Å². The van der Waals surface area contributed by atoms with Crippen LogP contribution in [0.1, 0.15) is 22.8 Å². The van der Waals surface area contributed by atoms with E-state index in [-0.39, 0.29) is 23.0 Å². The van der Waals surface area contributed by atoms with Gasteiger partial charge in [-0.05, 0) is 60.5 Å². The Balaban J connectivity index is 1.62. The number of aromatic nitrogens is 3. The average molecular weight is 416 g/mol. The van der Waals surface area contributed by atoms with Crippen LogP contribution in [0, 0.1) is 0 Å². The number of nitrogens with one attached hydrogen (secondary N) is 1. The van der Waals surface area contributed by atoms with Gasteiger partial charge < -0.3 is 15.5 Å². The molecule has 0 spiro atoms. The molecule has 0 bridgehead atoms. The Labute approximate surface area is 177 Å². The van der Waals surface area contributed by atoms with Crippen LogP contribution in [-0.2, 0) is 0 Å². The summed E-state index contributed by atoms with van der Waals surface area (Å²) < 4.78 is 3.20. The van der Waals surface area contributed by atoms with Gasteiger partial charge in [0.25, 0.3) is 0 Å². The fourth-order valence-electron chi connectivity index (χ4n) is 4.17. The number of fused-ring (bicyclic) bond motifs is 1. The predicted molar refractivity (Wildman–Crippen MR) is 116 cm³/mol. The molecule has 1 fully saturated rings. The van der Waals surface area contributed by atoms with Crippen molar-refractivity contribution < 1.29 is 15.0 Å². The summed E-state index contributed by atoms with van der Waals surface area (Å²) in [6.07, 6.45) is 2.50. The summed E-state index contributed by atoms with van der Waals surface area (Å²) >= 11 is 0. The Morgan fingerprint density at radius 3 is 2.55 bits per heavy atom. The van der Waals surface area contributed by atoms with Crippen molar-refractivity contribution in [2.75, 3.05) is 13.1 Å². The molecule has 8 heteroatoms. The fourth-order valence-corrected chi connectivity index (χ4v) is 4.17. The first-order valence-electron chi connectivity index (χ1n) is 10.0. The molecule has 1 saturated heterocycles. The number of rotatable bonds is 4. The number of carboxylic acids is 1. The highest BCUT2D eigenvalue weighted by Gasteiger charge is 2.25. The Bertz CT molecular complexity index is 1350. The summed E-state index contributed by atoms with van der Waals surface area (Å²) in [6, 6.07) is 15.1. The zero-order valence-electron chi connectivity index (χ0n) is 16.5. The van der Waals surface area contributed by atoms with Crippen LogP contribution in [-0.4, -0.2) is 43.4 Å². The summed E-state index contributed by atoms with van der Waals surface area (Å²) in [7, 11) is 0. The molecule has 5 rings (SSSR count). The van der Waals surface area contributed by atoms with E-state index in [1.807, 2.05) is 6.07 Å². The second kappa shape index (κ2) is 7.41. The van der Waals surface area contributed by atoms with Gasteiger partial charge in [0.15, 0.2) is 5.65 Å². The zero-order chi connectivity index (χ0) is 21.5. The van der Waals surface area contributed by atoms with Crippen LogP contribution < -0.4 is 11.0 Å². The van der Waals surface area contributed by atoms with Crippen molar-refractivity contribution in [1.82, 2.24) is 19.4 Å². The maximum Gasteiger partial charge on any atom is 0.335 e. The standard InChI is InChI=1S/C23H20N4O4/c28-20-12-16(14-3-5-15(6-4-14)22(29)30)7-8-18(20)27-19-2-1-10-25-21(19)26(23(27)31)17-9-11-24-13-17/h1-8,10,12,17,24,28H,9,11,13H2,(H,29,30). The predicted octanol–water partition coefficient (Wildman–Crippen LogP) is 2.79. The molecule has 2 aromatic heterocycles. The molecule has 3 N–H and O–H groups in total. The Hall–Kier alpha value is -3.91. The van der Waals surface area contributed by atoms with Gasteiger partial charge in [0.1, 0.15) is 5.75 Å². The van der Waals surface area contributed by atoms with Crippen molar-refractivity contribution in [2.45, 2.75) is 12.5 Å². The van der Waals surface area contributed by atoms with Crippen LogP contribution in [0.25, 0.3) is 28.0 Å². The lowest BCUT2D eigenvalue weighted by molar-refractivity contribution is 0.0697. The third-order valence-corrected chi connectivity index (χ3v) is 5.71. The maximum absolute atomic E-state index is 13.4. The van der Waals surface area contributed by atoms with Gasteiger partial charge >= 0.3 is 11.7 Å². The number of hydrogen-bond donors (Lipinski definition) is 3. The minimum atomic E-state index is -0.994. The summed E-state index contributed by atoms with van der Waals surface area (Å²) in [6.45, 7) is 1.55. The molecule has 1 aliphatic heterocycles. The van der Waals surface area contributed by atoms with Crippen molar-refractivity contribution in [3.05, 3.63) is 76.8 Å². The summed E-state index contributed by atoms with van der Waals surface area (Å²) in [4.78, 5) is 28.9. The number of carbonyl (C=O) groups is 1. The zero-order valence-corrected chi connectivity index (χ0v) is 16.5. The largest absolute Gasteiger partial charge is 0.506 e. The van der Waals surface area contributed by atoms with Crippen molar-refractivity contribution in [3.8, 4) is 22.6 Å². The Kier molecular flexibility index (Phi) is 4.56. The molecule has 1 aliphatic rings. The van der Waals surface area contributed by atoms with Crippen molar-refractivity contribution in [2.24, 2.45) is 0 Å². The first-order valence-corrected chi connectivity index (χ1v) is 10.0. The third-order valence-electron chi connectivity index (χ3n) is 5.71. The quantitative estimate of drug-likeness (QED) is 0.472. The lowest BCUT2D eigenvalue weighted by atomic mass is 10.0. The number of imidazole rings is 1. The first-order chi connectivity index (χ1) is 15.0. The summed E-state index contributed by atoms with van der Waals surface area (Å²) in [5, 5.41) is 23.2. The van der Waals surface area contributed by atoms with E-state index in [0.29, 0.717) is 29.0 Å². The molecule has 1 atom stereocenters. The molecule has 0 saturated carbocycles. The van der Waals surface area contributed by atoms with Crippen LogP contribution in [0.5, 0.6) is 5.75 Å². The van der Waals surface area contributed by atoms with E-state index in [1.165, 1.54) is 16.7 Å². The van der Waals surface area contributed by atoms with E-state index in [9.17, 15) is 14.7 Å². The SMILES string of the molecule is O=C(O)c1ccc(-c2ccc(-n3c(=O)n(C4CCNC4)c4ncccc43)c(O)c2)cc1. The smallest absolute Gasteiger partial charge is 0.335 e. The number of phenolic OH excluding ortho intramolecular Hbond substituents is 1. The van der Waals surface area contributed by atoms with Gasteiger partial charge in [-0.1, -0.05) is 18.2 Å². The van der Waals surface area contributed by atoms with E-state index in [2.05, 4.69) is 10.3 Å². The summed E-state index contributed by atoms with van der Waals surface area (Å²) in [5.41, 5.74) is 3.03. The first kappa shape index (κ1) is 19.1. The molecule has 0 aliphatic carbocycles. The molecule has 156 valence electrons. The highest BCUT2D eigenvalue weighted by atomic mass is 16.4. The van der Waals surface area contributed by atoms with Crippen molar-refractivity contribution in [3.63, 3.8) is 0 Å².